The Morgan fingerprint density at radius 3 is 2.89 bits per heavy atom. The van der Waals surface area contributed by atoms with Crippen molar-refractivity contribution in [2.24, 2.45) is 11.8 Å². The summed E-state index contributed by atoms with van der Waals surface area (Å²) in [6.07, 6.45) is 4.55. The number of halogens is 1. The van der Waals surface area contributed by atoms with Gasteiger partial charge in [0.15, 0.2) is 5.82 Å². The molecular formula is C14H22ClN3O. The van der Waals surface area contributed by atoms with Gasteiger partial charge in [0.25, 0.3) is 5.56 Å². The molecular weight excluding hydrogens is 262 g/mol. The van der Waals surface area contributed by atoms with E-state index < -0.39 is 0 Å². The van der Waals surface area contributed by atoms with Crippen LogP contribution in [-0.2, 0) is 6.54 Å². The first-order valence-electron chi connectivity index (χ1n) is 6.92. The SMILES string of the molecule is CC(C)Cn1ccnc(N2CCC(C)C2CCl)c1=O. The molecule has 106 valence electrons. The number of nitrogens with zero attached hydrogens (tertiary/aromatic N) is 3. The van der Waals surface area contributed by atoms with Gasteiger partial charge in [-0.2, -0.15) is 0 Å². The molecule has 0 saturated carbocycles. The van der Waals surface area contributed by atoms with Gasteiger partial charge < -0.3 is 9.47 Å². The van der Waals surface area contributed by atoms with Crippen LogP contribution >= 0.6 is 11.6 Å². The Morgan fingerprint density at radius 1 is 1.53 bits per heavy atom. The van der Waals surface area contributed by atoms with Crippen LogP contribution in [0, 0.1) is 11.8 Å². The molecule has 0 bridgehead atoms. The molecule has 2 atom stereocenters. The molecule has 1 fully saturated rings. The van der Waals surface area contributed by atoms with Crippen LogP contribution in [0.2, 0.25) is 0 Å². The quantitative estimate of drug-likeness (QED) is 0.796. The van der Waals surface area contributed by atoms with Crippen LogP contribution in [0.25, 0.3) is 0 Å². The molecule has 1 aliphatic heterocycles. The van der Waals surface area contributed by atoms with Crippen molar-refractivity contribution < 1.29 is 0 Å². The first-order chi connectivity index (χ1) is 9.04. The molecule has 5 heteroatoms. The first kappa shape index (κ1) is 14.4. The van der Waals surface area contributed by atoms with Crippen LogP contribution in [0.1, 0.15) is 27.2 Å². The second kappa shape index (κ2) is 5.95. The fraction of sp³-hybridized carbons (Fsp3) is 0.714. The maximum absolute atomic E-state index is 12.5. The molecule has 1 aliphatic rings. The van der Waals surface area contributed by atoms with E-state index in [1.807, 2.05) is 0 Å². The van der Waals surface area contributed by atoms with E-state index in [0.29, 0.717) is 23.5 Å². The van der Waals surface area contributed by atoms with E-state index in [9.17, 15) is 4.79 Å². The number of anilines is 1. The largest absolute Gasteiger partial charge is 0.348 e. The van der Waals surface area contributed by atoms with Crippen molar-refractivity contribution in [2.45, 2.75) is 39.8 Å². The average Bonchev–Trinajstić information content (AvgIpc) is 2.72. The van der Waals surface area contributed by atoms with Gasteiger partial charge in [-0.15, -0.1) is 11.6 Å². The van der Waals surface area contributed by atoms with Gasteiger partial charge in [-0.1, -0.05) is 20.8 Å². The number of rotatable bonds is 4. The van der Waals surface area contributed by atoms with Crippen LogP contribution in [-0.4, -0.2) is 28.0 Å². The summed E-state index contributed by atoms with van der Waals surface area (Å²) in [6, 6.07) is 0.219. The van der Waals surface area contributed by atoms with Crippen molar-refractivity contribution in [3.63, 3.8) is 0 Å². The number of alkyl halides is 1. The highest BCUT2D eigenvalue weighted by atomic mass is 35.5. The molecule has 2 heterocycles. The lowest BCUT2D eigenvalue weighted by Crippen LogP contribution is -2.39. The van der Waals surface area contributed by atoms with Gasteiger partial charge in [0.2, 0.25) is 0 Å². The van der Waals surface area contributed by atoms with Gasteiger partial charge in [-0.3, -0.25) is 4.79 Å². The summed E-state index contributed by atoms with van der Waals surface area (Å²) in [6.45, 7) is 7.98. The Balaban J connectivity index is 2.33. The molecule has 0 aliphatic carbocycles. The summed E-state index contributed by atoms with van der Waals surface area (Å²) >= 11 is 6.05. The van der Waals surface area contributed by atoms with E-state index in [4.69, 9.17) is 11.6 Å². The van der Waals surface area contributed by atoms with Crippen molar-refractivity contribution in [1.82, 2.24) is 9.55 Å². The van der Waals surface area contributed by atoms with E-state index in [1.54, 1.807) is 17.0 Å². The summed E-state index contributed by atoms with van der Waals surface area (Å²) < 4.78 is 1.75. The van der Waals surface area contributed by atoms with Crippen molar-refractivity contribution in [2.75, 3.05) is 17.3 Å². The van der Waals surface area contributed by atoms with E-state index in [-0.39, 0.29) is 11.6 Å². The molecule has 4 nitrogen and oxygen atoms in total. The predicted molar refractivity (Wildman–Crippen MR) is 79.0 cm³/mol. The van der Waals surface area contributed by atoms with Crippen LogP contribution in [0.5, 0.6) is 0 Å². The number of hydrogen-bond donors (Lipinski definition) is 0. The van der Waals surface area contributed by atoms with E-state index in [0.717, 1.165) is 19.5 Å². The second-order valence-electron chi connectivity index (χ2n) is 5.78. The first-order valence-corrected chi connectivity index (χ1v) is 7.46. The summed E-state index contributed by atoms with van der Waals surface area (Å²) in [7, 11) is 0. The minimum atomic E-state index is 0.000386. The fourth-order valence-electron chi connectivity index (χ4n) is 2.68. The lowest BCUT2D eigenvalue weighted by atomic mass is 10.1. The molecule has 2 rings (SSSR count). The van der Waals surface area contributed by atoms with Gasteiger partial charge in [0.1, 0.15) is 0 Å². The van der Waals surface area contributed by atoms with E-state index in [2.05, 4.69) is 30.7 Å². The lowest BCUT2D eigenvalue weighted by molar-refractivity contribution is 0.505. The molecule has 1 aromatic rings. The van der Waals surface area contributed by atoms with Crippen LogP contribution in [0.3, 0.4) is 0 Å². The zero-order chi connectivity index (χ0) is 14.0. The van der Waals surface area contributed by atoms with Gasteiger partial charge in [0, 0.05) is 37.4 Å². The van der Waals surface area contributed by atoms with Crippen molar-refractivity contribution in [3.05, 3.63) is 22.7 Å². The Labute approximate surface area is 119 Å². The molecule has 0 N–H and O–H groups in total. The second-order valence-corrected chi connectivity index (χ2v) is 6.09. The molecule has 0 aromatic carbocycles. The molecule has 0 amide bonds. The molecule has 1 saturated heterocycles. The molecule has 19 heavy (non-hydrogen) atoms. The predicted octanol–water partition coefficient (Wildman–Crippen LogP) is 2.35. The minimum Gasteiger partial charge on any atom is -0.348 e. The highest BCUT2D eigenvalue weighted by molar-refractivity contribution is 6.18. The van der Waals surface area contributed by atoms with Crippen LogP contribution in [0.15, 0.2) is 17.2 Å². The van der Waals surface area contributed by atoms with Crippen LogP contribution in [0.4, 0.5) is 5.82 Å². The van der Waals surface area contributed by atoms with Crippen molar-refractivity contribution in [3.8, 4) is 0 Å². The van der Waals surface area contributed by atoms with E-state index >= 15 is 0 Å². The van der Waals surface area contributed by atoms with Gasteiger partial charge in [0.05, 0.1) is 0 Å². The molecule has 2 unspecified atom stereocenters. The topological polar surface area (TPSA) is 38.1 Å². The number of aromatic nitrogens is 2. The smallest absolute Gasteiger partial charge is 0.293 e. The lowest BCUT2D eigenvalue weighted by Gasteiger charge is -2.25. The zero-order valence-corrected chi connectivity index (χ0v) is 12.6. The maximum atomic E-state index is 12.5. The van der Waals surface area contributed by atoms with Crippen LogP contribution < -0.4 is 10.5 Å². The zero-order valence-electron chi connectivity index (χ0n) is 11.8. The minimum absolute atomic E-state index is 0.000386. The van der Waals surface area contributed by atoms with Gasteiger partial charge >= 0.3 is 0 Å². The molecule has 0 spiro atoms. The summed E-state index contributed by atoms with van der Waals surface area (Å²) in [5, 5.41) is 0. The third-order valence-corrected chi connectivity index (χ3v) is 4.09. The van der Waals surface area contributed by atoms with Crippen molar-refractivity contribution in [1.29, 1.82) is 0 Å². The highest BCUT2D eigenvalue weighted by Gasteiger charge is 2.32. The molecule has 0 radical (unpaired) electrons. The monoisotopic (exact) mass is 283 g/mol. The average molecular weight is 284 g/mol. The highest BCUT2D eigenvalue weighted by Crippen LogP contribution is 2.27. The normalized spacial score (nSPS) is 23.3. The third-order valence-electron chi connectivity index (χ3n) is 3.77. The fourth-order valence-corrected chi connectivity index (χ4v) is 3.15. The van der Waals surface area contributed by atoms with E-state index in [1.165, 1.54) is 0 Å². The standard InChI is InChI=1S/C14H22ClN3O/c1-10(2)9-17-7-5-16-13(14(17)19)18-6-4-11(3)12(18)8-15/h5,7,10-12H,4,6,8-9H2,1-3H3. The Kier molecular flexibility index (Phi) is 4.50. The summed E-state index contributed by atoms with van der Waals surface area (Å²) in [4.78, 5) is 18.9. The summed E-state index contributed by atoms with van der Waals surface area (Å²) in [5.41, 5.74) is 0.000386. The maximum Gasteiger partial charge on any atom is 0.293 e. The number of hydrogen-bond acceptors (Lipinski definition) is 3. The van der Waals surface area contributed by atoms with Crippen molar-refractivity contribution >= 4 is 17.4 Å². The Hall–Kier alpha value is -1.03. The Morgan fingerprint density at radius 2 is 2.26 bits per heavy atom. The summed E-state index contributed by atoms with van der Waals surface area (Å²) in [5.74, 6) is 2.05. The van der Waals surface area contributed by atoms with Gasteiger partial charge in [-0.25, -0.2) is 4.98 Å². The molecule has 1 aromatic heterocycles. The van der Waals surface area contributed by atoms with Gasteiger partial charge in [-0.05, 0) is 18.3 Å². The Bertz CT molecular complexity index is 486. The third kappa shape index (κ3) is 2.94.